The van der Waals surface area contributed by atoms with Crippen molar-refractivity contribution in [1.82, 2.24) is 26.6 Å². The second-order valence-electron chi connectivity index (χ2n) is 11.1. The number of carbonyl (C=O) groups is 6. The average Bonchev–Trinajstić information content (AvgIpc) is 2.99. The molecule has 2 aromatic carbocycles. The number of aliphatic carboxylic acids is 1. The molecule has 1 aliphatic rings. The number of carboxylic acid groups (broad SMARTS) is 1. The lowest BCUT2D eigenvalue weighted by Crippen LogP contribution is -2.56. The van der Waals surface area contributed by atoms with E-state index < -0.39 is 72.6 Å². The number of carboxylic acids is 1. The van der Waals surface area contributed by atoms with Gasteiger partial charge in [-0.1, -0.05) is 56.3 Å². The van der Waals surface area contributed by atoms with Gasteiger partial charge in [0.05, 0.1) is 24.8 Å². The molecule has 0 fully saturated rings. The van der Waals surface area contributed by atoms with Gasteiger partial charge in [0.1, 0.15) is 18.1 Å². The topological polar surface area (TPSA) is 233 Å². The first-order valence-electron chi connectivity index (χ1n) is 14.5. The smallest absolute Gasteiger partial charge is 0.305 e. The lowest BCUT2D eigenvalue weighted by molar-refractivity contribution is -0.140. The van der Waals surface area contributed by atoms with Crippen LogP contribution in [0.3, 0.4) is 0 Å². The van der Waals surface area contributed by atoms with E-state index in [1.54, 1.807) is 68.4 Å². The molecule has 1 heterocycles. The van der Waals surface area contributed by atoms with Crippen LogP contribution < -0.4 is 32.3 Å². The second-order valence-corrected chi connectivity index (χ2v) is 11.1. The quantitative estimate of drug-likeness (QED) is 0.151. The number of hydrogen-bond acceptors (Lipinski definition) is 7. The molecule has 0 aliphatic carbocycles. The van der Waals surface area contributed by atoms with Gasteiger partial charge in [0.15, 0.2) is 0 Å². The molecular weight excluding hydrogens is 582 g/mol. The van der Waals surface area contributed by atoms with Crippen LogP contribution in [0.15, 0.2) is 54.6 Å². The van der Waals surface area contributed by atoms with Crippen molar-refractivity contribution in [2.75, 3.05) is 6.54 Å². The predicted molar refractivity (Wildman–Crippen MR) is 164 cm³/mol. The number of amides is 5. The third-order valence-corrected chi connectivity index (χ3v) is 7.16. The molecule has 3 rings (SSSR count). The Balaban J connectivity index is 2.05. The van der Waals surface area contributed by atoms with Crippen molar-refractivity contribution in [3.8, 4) is 0 Å². The largest absolute Gasteiger partial charge is 0.481 e. The molecule has 0 spiro atoms. The predicted octanol–water partition coefficient (Wildman–Crippen LogP) is 0.327. The third-order valence-electron chi connectivity index (χ3n) is 7.16. The molecule has 14 nitrogen and oxygen atoms in total. The molecule has 5 amide bonds. The van der Waals surface area contributed by atoms with Crippen molar-refractivity contribution in [2.24, 2.45) is 11.7 Å². The number of rotatable bonds is 8. The maximum atomic E-state index is 13.4. The molecule has 9 N–H and O–H groups in total. The van der Waals surface area contributed by atoms with E-state index in [0.29, 0.717) is 11.1 Å². The van der Waals surface area contributed by atoms with Crippen molar-refractivity contribution in [3.05, 3.63) is 71.3 Å². The van der Waals surface area contributed by atoms with E-state index in [1.165, 1.54) is 0 Å². The van der Waals surface area contributed by atoms with Crippen LogP contribution in [0.1, 0.15) is 67.1 Å². The van der Waals surface area contributed by atoms with Crippen molar-refractivity contribution in [3.63, 3.8) is 0 Å². The van der Waals surface area contributed by atoms with Crippen LogP contribution in [0, 0.1) is 11.3 Å². The maximum absolute atomic E-state index is 13.4. The molecule has 2 aromatic rings. The lowest BCUT2D eigenvalue weighted by Gasteiger charge is -2.26. The van der Waals surface area contributed by atoms with Crippen molar-refractivity contribution in [2.45, 2.75) is 63.7 Å². The molecule has 240 valence electrons. The van der Waals surface area contributed by atoms with Crippen LogP contribution in [0.4, 0.5) is 0 Å². The van der Waals surface area contributed by atoms with Crippen LogP contribution >= 0.6 is 0 Å². The van der Waals surface area contributed by atoms with Crippen LogP contribution in [0.5, 0.6) is 0 Å². The zero-order valence-electron chi connectivity index (χ0n) is 25.1. The Labute approximate surface area is 260 Å². The first-order chi connectivity index (χ1) is 21.3. The number of nitrogens with one attached hydrogen (secondary N) is 6. The molecule has 14 heteroatoms. The fourth-order valence-corrected chi connectivity index (χ4v) is 4.81. The third kappa shape index (κ3) is 10.2. The van der Waals surface area contributed by atoms with Gasteiger partial charge >= 0.3 is 5.97 Å². The summed E-state index contributed by atoms with van der Waals surface area (Å²) in [6.07, 6.45) is -0.230. The molecule has 0 radical (unpaired) electrons. The summed E-state index contributed by atoms with van der Waals surface area (Å²) >= 11 is 0. The number of hydrogen-bond donors (Lipinski definition) is 8. The van der Waals surface area contributed by atoms with E-state index in [1.807, 2.05) is 0 Å². The summed E-state index contributed by atoms with van der Waals surface area (Å²) < 4.78 is 0. The summed E-state index contributed by atoms with van der Waals surface area (Å²) in [6, 6.07) is 10.7. The SMILES string of the molecule is CC(C)[C@H]1NC(=O)c2cccc(c2)[C@H](c2ccccc2)NC(=O)[C@H](CC(=O)O)NC(=O)CNC(=O)[C@H](CCCC(=N)N)NC1=O. The zero-order valence-corrected chi connectivity index (χ0v) is 25.1. The number of benzene rings is 2. The van der Waals surface area contributed by atoms with Crippen LogP contribution in [-0.4, -0.2) is 71.1 Å². The van der Waals surface area contributed by atoms with Crippen molar-refractivity contribution >= 4 is 41.3 Å². The van der Waals surface area contributed by atoms with E-state index >= 15 is 0 Å². The zero-order chi connectivity index (χ0) is 33.1. The number of fused-ring (bicyclic) bond motifs is 2. The molecule has 2 bridgehead atoms. The van der Waals surface area contributed by atoms with E-state index in [-0.39, 0.29) is 36.6 Å². The molecule has 0 saturated heterocycles. The van der Waals surface area contributed by atoms with E-state index in [4.69, 9.17) is 11.1 Å². The Morgan fingerprint density at radius 1 is 0.889 bits per heavy atom. The molecule has 0 unspecified atom stereocenters. The van der Waals surface area contributed by atoms with Gasteiger partial charge < -0.3 is 37.4 Å². The Kier molecular flexibility index (Phi) is 12.2. The van der Waals surface area contributed by atoms with E-state index in [2.05, 4.69) is 26.6 Å². The summed E-state index contributed by atoms with van der Waals surface area (Å²) in [4.78, 5) is 77.8. The van der Waals surface area contributed by atoms with Gasteiger partial charge in [-0.2, -0.15) is 0 Å². The van der Waals surface area contributed by atoms with Crippen LogP contribution in [0.2, 0.25) is 0 Å². The van der Waals surface area contributed by atoms with E-state index in [9.17, 15) is 33.9 Å². The Morgan fingerprint density at radius 3 is 2.22 bits per heavy atom. The molecular formula is C31H39N7O7. The normalized spacial score (nSPS) is 21.7. The van der Waals surface area contributed by atoms with Crippen molar-refractivity contribution < 1.29 is 33.9 Å². The van der Waals surface area contributed by atoms with Gasteiger partial charge in [-0.3, -0.25) is 34.2 Å². The molecule has 1 aliphatic heterocycles. The molecule has 4 atom stereocenters. The number of nitrogens with two attached hydrogens (primary N) is 1. The van der Waals surface area contributed by atoms with Crippen LogP contribution in [0.25, 0.3) is 0 Å². The summed E-state index contributed by atoms with van der Waals surface area (Å²) in [5.74, 6) is -5.37. The highest BCUT2D eigenvalue weighted by atomic mass is 16.4. The minimum atomic E-state index is -1.50. The first kappa shape index (κ1) is 34.2. The first-order valence-corrected chi connectivity index (χ1v) is 14.5. The fourth-order valence-electron chi connectivity index (χ4n) is 4.81. The Bertz CT molecular complexity index is 1430. The minimum Gasteiger partial charge on any atom is -0.481 e. The highest BCUT2D eigenvalue weighted by Gasteiger charge is 2.31. The molecule has 45 heavy (non-hydrogen) atoms. The van der Waals surface area contributed by atoms with Crippen molar-refractivity contribution in [1.29, 1.82) is 5.41 Å². The Morgan fingerprint density at radius 2 is 1.58 bits per heavy atom. The summed E-state index contributed by atoms with van der Waals surface area (Å²) in [5.41, 5.74) is 6.74. The molecule has 0 saturated carbocycles. The van der Waals surface area contributed by atoms with Gasteiger partial charge in [-0.05, 0) is 42.0 Å². The highest BCUT2D eigenvalue weighted by Crippen LogP contribution is 2.24. The van der Waals surface area contributed by atoms with Gasteiger partial charge in [0.25, 0.3) is 5.91 Å². The second kappa shape index (κ2) is 16.0. The summed E-state index contributed by atoms with van der Waals surface area (Å²) in [7, 11) is 0. The van der Waals surface area contributed by atoms with E-state index in [0.717, 1.165) is 0 Å². The van der Waals surface area contributed by atoms with Gasteiger partial charge in [0, 0.05) is 12.0 Å². The minimum absolute atomic E-state index is 0.0739. The summed E-state index contributed by atoms with van der Waals surface area (Å²) in [6.45, 7) is 2.85. The monoisotopic (exact) mass is 621 g/mol. The standard InChI is InChI=1S/C31H39N7O7/c1-17(2)26-31(45)36-21(12-7-13-23(32)33)29(43)34-16-24(39)35-22(15-25(40)41)30(44)38-27(18-8-4-3-5-9-18)19-10-6-11-20(14-19)28(42)37-26/h3-6,8-11,14,17,21-22,26-27H,7,12-13,15-16H2,1-2H3,(H3,32,33)(H,34,43)(H,35,39)(H,36,45)(H,37,42)(H,38,44)(H,40,41)/t21-,22-,26+,27-/m0/s1. The lowest BCUT2D eigenvalue weighted by atomic mass is 9.96. The fraction of sp³-hybridized carbons (Fsp3) is 0.387. The van der Waals surface area contributed by atoms with Gasteiger partial charge in [0.2, 0.25) is 23.6 Å². The maximum Gasteiger partial charge on any atom is 0.305 e. The number of carbonyl (C=O) groups excluding carboxylic acids is 5. The van der Waals surface area contributed by atoms with Crippen LogP contribution in [-0.2, 0) is 24.0 Å². The highest BCUT2D eigenvalue weighted by molar-refractivity contribution is 5.99. The Hall–Kier alpha value is -5.27. The number of amidine groups is 1. The van der Waals surface area contributed by atoms with Gasteiger partial charge in [-0.25, -0.2) is 0 Å². The molecule has 0 aromatic heterocycles. The van der Waals surface area contributed by atoms with Gasteiger partial charge in [-0.15, -0.1) is 0 Å². The average molecular weight is 622 g/mol. The summed E-state index contributed by atoms with van der Waals surface area (Å²) in [5, 5.41) is 29.9.